The summed E-state index contributed by atoms with van der Waals surface area (Å²) in [6.07, 6.45) is 5.68. The smallest absolute Gasteiger partial charge is 0.191 e. The van der Waals surface area contributed by atoms with Gasteiger partial charge in [0.05, 0.1) is 30.0 Å². The van der Waals surface area contributed by atoms with Crippen molar-refractivity contribution in [2.24, 2.45) is 0 Å². The van der Waals surface area contributed by atoms with Gasteiger partial charge in [-0.2, -0.15) is 4.73 Å². The fourth-order valence-corrected chi connectivity index (χ4v) is 3.09. The number of hydrogen-bond donors (Lipinski definition) is 0. The van der Waals surface area contributed by atoms with Crippen LogP contribution in [0, 0.1) is 23.8 Å². The van der Waals surface area contributed by atoms with Gasteiger partial charge in [-0.25, -0.2) is 13.8 Å². The molecular formula is C21H16F2N4O. The van der Waals surface area contributed by atoms with Crippen LogP contribution in [0.2, 0.25) is 0 Å². The van der Waals surface area contributed by atoms with Gasteiger partial charge in [-0.05, 0) is 25.1 Å². The number of halogens is 2. The van der Waals surface area contributed by atoms with Crippen molar-refractivity contribution in [2.75, 3.05) is 4.90 Å². The minimum Gasteiger partial charge on any atom is -0.619 e. The van der Waals surface area contributed by atoms with Crippen molar-refractivity contribution in [2.45, 2.75) is 13.5 Å². The maximum Gasteiger partial charge on any atom is 0.191 e. The number of nitrogens with zero attached hydrogens (tertiary/aromatic N) is 4. The van der Waals surface area contributed by atoms with E-state index in [0.717, 1.165) is 23.6 Å². The summed E-state index contributed by atoms with van der Waals surface area (Å²) >= 11 is 0. The molecule has 4 aromatic rings. The van der Waals surface area contributed by atoms with Crippen LogP contribution in [0.1, 0.15) is 11.3 Å². The average molecular weight is 378 g/mol. The van der Waals surface area contributed by atoms with Crippen molar-refractivity contribution in [1.82, 2.24) is 9.97 Å². The van der Waals surface area contributed by atoms with E-state index in [1.165, 1.54) is 12.3 Å². The van der Waals surface area contributed by atoms with Crippen LogP contribution in [-0.4, -0.2) is 9.97 Å². The zero-order valence-electron chi connectivity index (χ0n) is 15.0. The van der Waals surface area contributed by atoms with E-state index in [1.54, 1.807) is 12.4 Å². The molecular weight excluding hydrogens is 362 g/mol. The SMILES string of the molecule is Cc1cnc(N(Cc2c[n+]([O-])cc3c(F)c(F)ccc23)c2ccccc2)cn1. The molecule has 0 saturated heterocycles. The molecule has 140 valence electrons. The monoisotopic (exact) mass is 378 g/mol. The summed E-state index contributed by atoms with van der Waals surface area (Å²) in [5.74, 6) is -1.45. The molecule has 4 rings (SSSR count). The van der Waals surface area contributed by atoms with E-state index in [9.17, 15) is 14.0 Å². The molecule has 28 heavy (non-hydrogen) atoms. The third kappa shape index (κ3) is 3.34. The van der Waals surface area contributed by atoms with Crippen LogP contribution in [-0.2, 0) is 6.54 Å². The lowest BCUT2D eigenvalue weighted by molar-refractivity contribution is -0.604. The van der Waals surface area contributed by atoms with Gasteiger partial charge in [0.1, 0.15) is 0 Å². The Morgan fingerprint density at radius 3 is 2.46 bits per heavy atom. The number of aromatic nitrogens is 3. The topological polar surface area (TPSA) is 56.0 Å². The zero-order valence-corrected chi connectivity index (χ0v) is 15.0. The maximum atomic E-state index is 14.2. The molecule has 0 saturated carbocycles. The Labute approximate surface area is 160 Å². The molecule has 0 unspecified atom stereocenters. The highest BCUT2D eigenvalue weighted by Gasteiger charge is 2.19. The van der Waals surface area contributed by atoms with Crippen molar-refractivity contribution < 1.29 is 13.5 Å². The largest absolute Gasteiger partial charge is 0.619 e. The number of hydrogen-bond acceptors (Lipinski definition) is 4. The molecule has 0 N–H and O–H groups in total. The number of para-hydroxylation sites is 1. The Morgan fingerprint density at radius 1 is 0.964 bits per heavy atom. The molecule has 2 heterocycles. The molecule has 0 spiro atoms. The molecule has 0 aliphatic rings. The molecule has 0 amide bonds. The van der Waals surface area contributed by atoms with Crippen LogP contribution >= 0.6 is 0 Å². The lowest BCUT2D eigenvalue weighted by atomic mass is 10.1. The second-order valence-electron chi connectivity index (χ2n) is 6.40. The van der Waals surface area contributed by atoms with Gasteiger partial charge >= 0.3 is 0 Å². The Morgan fingerprint density at radius 2 is 1.75 bits per heavy atom. The van der Waals surface area contributed by atoms with Crippen LogP contribution in [0.4, 0.5) is 20.3 Å². The van der Waals surface area contributed by atoms with Crippen LogP contribution in [0.5, 0.6) is 0 Å². The maximum absolute atomic E-state index is 14.2. The summed E-state index contributed by atoms with van der Waals surface area (Å²) in [7, 11) is 0. The molecule has 0 aliphatic heterocycles. The molecule has 0 radical (unpaired) electrons. The Kier molecular flexibility index (Phi) is 4.57. The first-order valence-electron chi connectivity index (χ1n) is 8.63. The van der Waals surface area contributed by atoms with Gasteiger partial charge in [-0.1, -0.05) is 24.3 Å². The van der Waals surface area contributed by atoms with Crippen LogP contribution in [0.3, 0.4) is 0 Å². The van der Waals surface area contributed by atoms with Crippen LogP contribution in [0.15, 0.2) is 67.3 Å². The minimum absolute atomic E-state index is 0.0597. The van der Waals surface area contributed by atoms with E-state index in [1.807, 2.05) is 42.2 Å². The fourth-order valence-electron chi connectivity index (χ4n) is 3.09. The lowest BCUT2D eigenvalue weighted by Crippen LogP contribution is -2.28. The summed E-state index contributed by atoms with van der Waals surface area (Å²) in [5, 5.41) is 12.5. The van der Waals surface area contributed by atoms with Crippen LogP contribution in [0.25, 0.3) is 10.8 Å². The van der Waals surface area contributed by atoms with Gasteiger partial charge < -0.3 is 10.1 Å². The van der Waals surface area contributed by atoms with E-state index in [4.69, 9.17) is 0 Å². The average Bonchev–Trinajstić information content (AvgIpc) is 2.70. The summed E-state index contributed by atoms with van der Waals surface area (Å²) in [6.45, 7) is 2.07. The van der Waals surface area contributed by atoms with E-state index < -0.39 is 11.6 Å². The van der Waals surface area contributed by atoms with Gasteiger partial charge in [0, 0.05) is 16.6 Å². The van der Waals surface area contributed by atoms with Crippen molar-refractivity contribution in [3.8, 4) is 0 Å². The molecule has 2 aromatic heterocycles. The highest BCUT2D eigenvalue weighted by atomic mass is 19.2. The highest BCUT2D eigenvalue weighted by Crippen LogP contribution is 2.28. The van der Waals surface area contributed by atoms with Crippen molar-refractivity contribution in [3.05, 3.63) is 95.4 Å². The first-order chi connectivity index (χ1) is 13.5. The number of pyridine rings is 1. The number of anilines is 2. The molecule has 0 fully saturated rings. The number of fused-ring (bicyclic) bond motifs is 1. The van der Waals surface area contributed by atoms with E-state index in [2.05, 4.69) is 9.97 Å². The van der Waals surface area contributed by atoms with Crippen molar-refractivity contribution in [3.63, 3.8) is 0 Å². The van der Waals surface area contributed by atoms with Gasteiger partial charge in [0.25, 0.3) is 0 Å². The summed E-state index contributed by atoms with van der Waals surface area (Å²) in [4.78, 5) is 10.6. The number of benzene rings is 2. The van der Waals surface area contributed by atoms with Gasteiger partial charge in [0.15, 0.2) is 29.8 Å². The number of aryl methyl sites for hydroxylation is 1. The minimum atomic E-state index is -1.04. The second kappa shape index (κ2) is 7.19. The quantitative estimate of drug-likeness (QED) is 0.395. The second-order valence-corrected chi connectivity index (χ2v) is 6.40. The zero-order chi connectivity index (χ0) is 19.7. The molecule has 5 nitrogen and oxygen atoms in total. The first kappa shape index (κ1) is 17.8. The predicted octanol–water partition coefficient (Wildman–Crippen LogP) is 4.19. The third-order valence-corrected chi connectivity index (χ3v) is 4.46. The van der Waals surface area contributed by atoms with Gasteiger partial charge in [-0.3, -0.25) is 4.98 Å². The van der Waals surface area contributed by atoms with E-state index in [0.29, 0.717) is 21.5 Å². The molecule has 0 atom stereocenters. The van der Waals surface area contributed by atoms with E-state index in [-0.39, 0.29) is 11.9 Å². The normalized spacial score (nSPS) is 11.0. The Hall–Kier alpha value is -3.61. The lowest BCUT2D eigenvalue weighted by Gasteiger charge is -2.24. The molecule has 0 bridgehead atoms. The van der Waals surface area contributed by atoms with Crippen molar-refractivity contribution in [1.29, 1.82) is 0 Å². The Bertz CT molecular complexity index is 1130. The van der Waals surface area contributed by atoms with Gasteiger partial charge in [-0.15, -0.1) is 0 Å². The molecule has 0 aliphatic carbocycles. The third-order valence-electron chi connectivity index (χ3n) is 4.46. The van der Waals surface area contributed by atoms with Crippen LogP contribution < -0.4 is 9.63 Å². The summed E-state index contributed by atoms with van der Waals surface area (Å²) in [5.41, 5.74) is 2.15. The van der Waals surface area contributed by atoms with Gasteiger partial charge in [0.2, 0.25) is 0 Å². The standard InChI is InChI=1S/C21H16F2N4O/c1-14-9-25-20(10-24-14)27(16-5-3-2-4-6-16)12-15-11-26(28)13-18-17(15)7-8-19(22)21(18)23/h2-11,13H,12H2,1H3. The summed E-state index contributed by atoms with van der Waals surface area (Å²) < 4.78 is 28.3. The molecule has 2 aromatic carbocycles. The molecule has 7 heteroatoms. The Balaban J connectivity index is 1.86. The first-order valence-corrected chi connectivity index (χ1v) is 8.63. The highest BCUT2D eigenvalue weighted by molar-refractivity contribution is 5.85. The van der Waals surface area contributed by atoms with Crippen molar-refractivity contribution >= 4 is 22.3 Å². The van der Waals surface area contributed by atoms with E-state index >= 15 is 0 Å². The summed E-state index contributed by atoms with van der Waals surface area (Å²) in [6, 6.07) is 12.0. The predicted molar refractivity (Wildman–Crippen MR) is 102 cm³/mol. The fraction of sp³-hybridized carbons (Fsp3) is 0.0952. The number of rotatable bonds is 4.